The number of hydrogen-bond donors (Lipinski definition) is 1. The van der Waals surface area contributed by atoms with Crippen molar-refractivity contribution in [2.24, 2.45) is 0 Å². The minimum Gasteiger partial charge on any atom is -0.457 e. The Morgan fingerprint density at radius 3 is 2.38 bits per heavy atom. The second-order valence-electron chi connectivity index (χ2n) is 8.43. The molecule has 4 aromatic rings. The molecule has 0 spiro atoms. The molecule has 0 radical (unpaired) electrons. The zero-order valence-electron chi connectivity index (χ0n) is 20.0. The minimum absolute atomic E-state index is 0.000873. The van der Waals surface area contributed by atoms with Gasteiger partial charge in [-0.1, -0.05) is 37.3 Å². The number of aromatic nitrogens is 3. The lowest BCUT2D eigenvalue weighted by Gasteiger charge is -2.29. The summed E-state index contributed by atoms with van der Waals surface area (Å²) in [5, 5.41) is 2.45. The SMILES string of the molecule is CCC(=O)N(CC(C)N(C)C)n1cc(-c2ccc(Oc3ccccc3)cc2)c2c(N)ncnc21. The lowest BCUT2D eigenvalue weighted by atomic mass is 10.1. The maximum Gasteiger partial charge on any atom is 0.241 e. The highest BCUT2D eigenvalue weighted by Gasteiger charge is 2.23. The molecule has 4 rings (SSSR count). The molecule has 176 valence electrons. The molecule has 0 aliphatic carbocycles. The predicted molar refractivity (Wildman–Crippen MR) is 135 cm³/mol. The number of para-hydroxylation sites is 1. The standard InChI is InChI=1S/C26H30N6O2/c1-5-23(33)31(15-18(2)30(3)4)32-16-22(24-25(27)28-17-29-26(24)32)19-11-13-21(14-12-19)34-20-9-7-6-8-10-20/h6-14,16-18H,5,15H2,1-4H3,(H2,27,28,29). The summed E-state index contributed by atoms with van der Waals surface area (Å²) in [6.07, 6.45) is 3.72. The molecule has 0 aliphatic heterocycles. The summed E-state index contributed by atoms with van der Waals surface area (Å²) in [4.78, 5) is 23.7. The molecule has 1 unspecified atom stereocenters. The van der Waals surface area contributed by atoms with Crippen LogP contribution in [-0.4, -0.2) is 52.1 Å². The number of hydrogen-bond acceptors (Lipinski definition) is 6. The highest BCUT2D eigenvalue weighted by molar-refractivity contribution is 6.02. The van der Waals surface area contributed by atoms with Gasteiger partial charge in [0.25, 0.3) is 0 Å². The van der Waals surface area contributed by atoms with Gasteiger partial charge in [-0.2, -0.15) is 0 Å². The van der Waals surface area contributed by atoms with E-state index in [0.717, 1.165) is 22.6 Å². The molecule has 2 aromatic heterocycles. The van der Waals surface area contributed by atoms with Crippen LogP contribution < -0.4 is 15.5 Å². The minimum atomic E-state index is 0.000873. The molecule has 34 heavy (non-hydrogen) atoms. The monoisotopic (exact) mass is 458 g/mol. The maximum absolute atomic E-state index is 13.0. The number of amides is 1. The number of nitrogen functional groups attached to an aromatic ring is 1. The molecule has 0 saturated heterocycles. The summed E-state index contributed by atoms with van der Waals surface area (Å²) in [6, 6.07) is 17.5. The summed E-state index contributed by atoms with van der Waals surface area (Å²) in [6.45, 7) is 4.45. The van der Waals surface area contributed by atoms with Crippen molar-refractivity contribution < 1.29 is 9.53 Å². The Kier molecular flexibility index (Phi) is 6.79. The van der Waals surface area contributed by atoms with Gasteiger partial charge in [-0.05, 0) is 50.8 Å². The van der Waals surface area contributed by atoms with Gasteiger partial charge in [0.2, 0.25) is 5.91 Å². The maximum atomic E-state index is 13.0. The van der Waals surface area contributed by atoms with Crippen LogP contribution in [0.1, 0.15) is 20.3 Å². The van der Waals surface area contributed by atoms with Crippen LogP contribution in [0, 0.1) is 0 Å². The fourth-order valence-electron chi connectivity index (χ4n) is 3.71. The fourth-order valence-corrected chi connectivity index (χ4v) is 3.71. The van der Waals surface area contributed by atoms with Crippen LogP contribution in [-0.2, 0) is 4.79 Å². The molecular weight excluding hydrogens is 428 g/mol. The third kappa shape index (κ3) is 4.72. The van der Waals surface area contributed by atoms with Crippen molar-refractivity contribution in [1.29, 1.82) is 0 Å². The summed E-state index contributed by atoms with van der Waals surface area (Å²) < 4.78 is 7.73. The molecule has 8 heteroatoms. The van der Waals surface area contributed by atoms with Crippen LogP contribution in [0.4, 0.5) is 5.82 Å². The molecule has 0 bridgehead atoms. The highest BCUT2D eigenvalue weighted by Crippen LogP contribution is 2.34. The van der Waals surface area contributed by atoms with Crippen LogP contribution in [0.2, 0.25) is 0 Å². The Balaban J connectivity index is 1.76. The number of ether oxygens (including phenoxy) is 1. The molecule has 0 aliphatic rings. The van der Waals surface area contributed by atoms with Gasteiger partial charge in [0.15, 0.2) is 5.65 Å². The van der Waals surface area contributed by atoms with Crippen molar-refractivity contribution in [2.45, 2.75) is 26.3 Å². The number of anilines is 1. The third-order valence-electron chi connectivity index (χ3n) is 5.91. The second kappa shape index (κ2) is 9.93. The van der Waals surface area contributed by atoms with Crippen LogP contribution in [0.3, 0.4) is 0 Å². The first-order valence-corrected chi connectivity index (χ1v) is 11.3. The predicted octanol–water partition coefficient (Wildman–Crippen LogP) is 4.30. The lowest BCUT2D eigenvalue weighted by molar-refractivity contribution is -0.120. The number of likely N-dealkylation sites (N-methyl/N-ethyl adjacent to an activating group) is 1. The van der Waals surface area contributed by atoms with E-state index < -0.39 is 0 Å². The molecule has 2 aromatic carbocycles. The van der Waals surface area contributed by atoms with Crippen molar-refractivity contribution >= 4 is 22.8 Å². The number of benzene rings is 2. The van der Waals surface area contributed by atoms with E-state index in [9.17, 15) is 4.79 Å². The zero-order valence-corrected chi connectivity index (χ0v) is 20.0. The topological polar surface area (TPSA) is 89.5 Å². The number of nitrogens with zero attached hydrogens (tertiary/aromatic N) is 5. The molecule has 2 heterocycles. The average Bonchev–Trinajstić information content (AvgIpc) is 3.23. The van der Waals surface area contributed by atoms with E-state index in [1.165, 1.54) is 6.33 Å². The molecule has 0 saturated carbocycles. The molecule has 0 fully saturated rings. The summed E-state index contributed by atoms with van der Waals surface area (Å²) in [5.41, 5.74) is 8.67. The van der Waals surface area contributed by atoms with Crippen LogP contribution in [0.25, 0.3) is 22.2 Å². The molecular formula is C26H30N6O2. The first kappa shape index (κ1) is 23.3. The van der Waals surface area contributed by atoms with E-state index in [4.69, 9.17) is 10.5 Å². The van der Waals surface area contributed by atoms with Gasteiger partial charge in [0.05, 0.1) is 11.9 Å². The van der Waals surface area contributed by atoms with Gasteiger partial charge in [-0.15, -0.1) is 0 Å². The number of rotatable bonds is 8. The zero-order chi connectivity index (χ0) is 24.2. The quantitative estimate of drug-likeness (QED) is 0.424. The normalized spacial score (nSPS) is 12.1. The van der Waals surface area contributed by atoms with Crippen LogP contribution >= 0.6 is 0 Å². The van der Waals surface area contributed by atoms with E-state index in [1.54, 1.807) is 5.01 Å². The van der Waals surface area contributed by atoms with Gasteiger partial charge in [0.1, 0.15) is 23.6 Å². The lowest BCUT2D eigenvalue weighted by Crippen LogP contribution is -2.47. The van der Waals surface area contributed by atoms with Gasteiger partial charge in [0, 0.05) is 24.2 Å². The second-order valence-corrected chi connectivity index (χ2v) is 8.43. The van der Waals surface area contributed by atoms with Gasteiger partial charge < -0.3 is 15.4 Å². The molecule has 2 N–H and O–H groups in total. The van der Waals surface area contributed by atoms with E-state index in [0.29, 0.717) is 29.8 Å². The van der Waals surface area contributed by atoms with Gasteiger partial charge in [-0.25, -0.2) is 19.7 Å². The van der Waals surface area contributed by atoms with E-state index in [-0.39, 0.29) is 11.9 Å². The van der Waals surface area contributed by atoms with Crippen LogP contribution in [0.15, 0.2) is 67.1 Å². The largest absolute Gasteiger partial charge is 0.457 e. The number of nitrogens with two attached hydrogens (primary N) is 1. The first-order chi connectivity index (χ1) is 16.4. The van der Waals surface area contributed by atoms with E-state index >= 15 is 0 Å². The fraction of sp³-hybridized carbons (Fsp3) is 0.269. The smallest absolute Gasteiger partial charge is 0.241 e. The summed E-state index contributed by atoms with van der Waals surface area (Å²) in [7, 11) is 4.00. The highest BCUT2D eigenvalue weighted by atomic mass is 16.5. The Labute approximate surface area is 199 Å². The average molecular weight is 459 g/mol. The Morgan fingerprint density at radius 1 is 1.06 bits per heavy atom. The van der Waals surface area contributed by atoms with Crippen molar-refractivity contribution in [3.8, 4) is 22.6 Å². The third-order valence-corrected chi connectivity index (χ3v) is 5.91. The number of carbonyl (C=O) groups excluding carboxylic acids is 1. The van der Waals surface area contributed by atoms with Crippen molar-refractivity contribution in [3.05, 3.63) is 67.1 Å². The Bertz CT molecular complexity index is 1270. The Hall–Kier alpha value is -3.91. The van der Waals surface area contributed by atoms with Crippen molar-refractivity contribution in [3.63, 3.8) is 0 Å². The van der Waals surface area contributed by atoms with E-state index in [2.05, 4.69) is 21.8 Å². The van der Waals surface area contributed by atoms with Crippen molar-refractivity contribution in [2.75, 3.05) is 31.4 Å². The summed E-state index contributed by atoms with van der Waals surface area (Å²) in [5.74, 6) is 1.87. The van der Waals surface area contributed by atoms with Crippen LogP contribution in [0.5, 0.6) is 11.5 Å². The molecule has 1 atom stereocenters. The Morgan fingerprint density at radius 2 is 1.74 bits per heavy atom. The molecule has 8 nitrogen and oxygen atoms in total. The van der Waals surface area contributed by atoms with Gasteiger partial charge in [-0.3, -0.25) is 4.79 Å². The molecule has 1 amide bonds. The van der Waals surface area contributed by atoms with E-state index in [1.807, 2.05) is 86.5 Å². The number of fused-ring (bicyclic) bond motifs is 1. The van der Waals surface area contributed by atoms with Crippen molar-refractivity contribution in [1.82, 2.24) is 19.5 Å². The number of carbonyl (C=O) groups is 1. The van der Waals surface area contributed by atoms with Gasteiger partial charge >= 0.3 is 0 Å². The first-order valence-electron chi connectivity index (χ1n) is 11.3. The summed E-state index contributed by atoms with van der Waals surface area (Å²) >= 11 is 0.